The smallest absolute Gasteiger partial charge is 0.312 e. The summed E-state index contributed by atoms with van der Waals surface area (Å²) in [6.07, 6.45) is 2.28. The van der Waals surface area contributed by atoms with Crippen molar-refractivity contribution in [1.29, 1.82) is 0 Å². The second-order valence-electron chi connectivity index (χ2n) is 6.87. The van der Waals surface area contributed by atoms with Gasteiger partial charge >= 0.3 is 6.03 Å². The predicted octanol–water partition coefficient (Wildman–Crippen LogP) is 0.912. The molecule has 1 aliphatic rings. The molecule has 5 N–H and O–H groups in total. The summed E-state index contributed by atoms with van der Waals surface area (Å²) < 4.78 is 0. The largest absolute Gasteiger partial charge is 0.352 e. The number of carbonyl (C=O) groups excluding carboxylic acids is 3. The number of rotatable bonds is 7. The van der Waals surface area contributed by atoms with Crippen LogP contribution in [0, 0.1) is 0 Å². The van der Waals surface area contributed by atoms with Crippen LogP contribution in [0.1, 0.15) is 38.2 Å². The zero-order valence-electron chi connectivity index (χ0n) is 15.2. The molecule has 2 rings (SSSR count). The summed E-state index contributed by atoms with van der Waals surface area (Å²) in [4.78, 5) is 37.3. The van der Waals surface area contributed by atoms with Crippen LogP contribution in [0.15, 0.2) is 30.3 Å². The van der Waals surface area contributed by atoms with E-state index in [0.717, 1.165) is 5.56 Å². The number of amides is 3. The van der Waals surface area contributed by atoms with E-state index in [1.165, 1.54) is 0 Å². The van der Waals surface area contributed by atoms with Crippen LogP contribution in [-0.2, 0) is 15.0 Å². The first-order valence-corrected chi connectivity index (χ1v) is 9.01. The number of urea groups is 1. The number of primary amides is 1. The Morgan fingerprint density at radius 2 is 1.81 bits per heavy atom. The van der Waals surface area contributed by atoms with Gasteiger partial charge in [-0.15, -0.1) is 0 Å². The number of carbonyl (C=O) groups is 3. The summed E-state index contributed by atoms with van der Waals surface area (Å²) in [5, 5.41) is 2.48. The molecule has 0 saturated carbocycles. The van der Waals surface area contributed by atoms with Gasteiger partial charge in [0.05, 0.1) is 11.5 Å². The molecule has 1 saturated heterocycles. The Bertz CT molecular complexity index is 639. The first-order valence-electron chi connectivity index (χ1n) is 9.01. The predicted molar refractivity (Wildman–Crippen MR) is 99.4 cm³/mol. The molecule has 0 radical (unpaired) electrons. The quantitative estimate of drug-likeness (QED) is 0.626. The molecular weight excluding hydrogens is 332 g/mol. The SMILES string of the molecule is CC(=O)C1(c2ccccc2)CCN(C(=O)[C@@H](N)CCCNC(N)=O)CC1. The molecule has 1 heterocycles. The molecule has 1 aromatic rings. The summed E-state index contributed by atoms with van der Waals surface area (Å²) in [6, 6.07) is 8.59. The number of hydrogen-bond donors (Lipinski definition) is 3. The summed E-state index contributed by atoms with van der Waals surface area (Å²) in [5.74, 6) is 0.0342. The normalized spacial score (nSPS) is 17.4. The van der Waals surface area contributed by atoms with Crippen molar-refractivity contribution < 1.29 is 14.4 Å². The molecule has 142 valence electrons. The van der Waals surface area contributed by atoms with E-state index in [9.17, 15) is 14.4 Å². The fourth-order valence-corrected chi connectivity index (χ4v) is 3.60. The summed E-state index contributed by atoms with van der Waals surface area (Å²) in [5.41, 5.74) is 11.5. The standard InChI is InChI=1S/C19H28N4O3/c1-14(24)19(15-6-3-2-4-7-15)9-12-23(13-10-19)17(25)16(20)8-5-11-22-18(21)26/h2-4,6-7,16H,5,8-13,20H2,1H3,(H3,21,22,26)/t16-/m0/s1. The van der Waals surface area contributed by atoms with Gasteiger partial charge in [0.1, 0.15) is 5.78 Å². The Balaban J connectivity index is 1.92. The maximum atomic E-state index is 12.5. The molecule has 0 bridgehead atoms. The van der Waals surface area contributed by atoms with Crippen molar-refractivity contribution in [3.63, 3.8) is 0 Å². The van der Waals surface area contributed by atoms with Crippen LogP contribution in [0.3, 0.4) is 0 Å². The van der Waals surface area contributed by atoms with Crippen LogP contribution in [0.2, 0.25) is 0 Å². The lowest BCUT2D eigenvalue weighted by molar-refractivity contribution is -0.136. The second-order valence-corrected chi connectivity index (χ2v) is 6.87. The topological polar surface area (TPSA) is 119 Å². The molecule has 1 aliphatic heterocycles. The van der Waals surface area contributed by atoms with Gasteiger partial charge in [0, 0.05) is 19.6 Å². The zero-order valence-corrected chi connectivity index (χ0v) is 15.2. The third-order valence-electron chi connectivity index (χ3n) is 5.24. The van der Waals surface area contributed by atoms with Crippen molar-refractivity contribution in [2.45, 2.75) is 44.1 Å². The molecule has 0 unspecified atom stereocenters. The fourth-order valence-electron chi connectivity index (χ4n) is 3.60. The van der Waals surface area contributed by atoms with Gasteiger partial charge in [-0.05, 0) is 38.2 Å². The number of nitrogens with one attached hydrogen (secondary N) is 1. The maximum absolute atomic E-state index is 12.5. The highest BCUT2D eigenvalue weighted by Crippen LogP contribution is 2.36. The van der Waals surface area contributed by atoms with Gasteiger partial charge < -0.3 is 21.7 Å². The molecule has 1 fully saturated rings. The third kappa shape index (κ3) is 4.60. The Labute approximate surface area is 154 Å². The van der Waals surface area contributed by atoms with E-state index in [0.29, 0.717) is 45.3 Å². The van der Waals surface area contributed by atoms with Crippen LogP contribution in [-0.4, -0.2) is 48.3 Å². The molecule has 0 spiro atoms. The molecular formula is C19H28N4O3. The second kappa shape index (κ2) is 8.80. The number of benzene rings is 1. The van der Waals surface area contributed by atoms with Crippen molar-refractivity contribution in [2.24, 2.45) is 11.5 Å². The van der Waals surface area contributed by atoms with Crippen molar-refractivity contribution in [3.05, 3.63) is 35.9 Å². The van der Waals surface area contributed by atoms with Crippen LogP contribution < -0.4 is 16.8 Å². The van der Waals surface area contributed by atoms with Gasteiger partial charge in [0.25, 0.3) is 0 Å². The number of hydrogen-bond acceptors (Lipinski definition) is 4. The first-order chi connectivity index (χ1) is 12.4. The van der Waals surface area contributed by atoms with Crippen molar-refractivity contribution in [2.75, 3.05) is 19.6 Å². The van der Waals surface area contributed by atoms with Gasteiger partial charge in [0.15, 0.2) is 0 Å². The number of nitrogens with zero attached hydrogens (tertiary/aromatic N) is 1. The van der Waals surface area contributed by atoms with Gasteiger partial charge in [-0.2, -0.15) is 0 Å². The van der Waals surface area contributed by atoms with Gasteiger partial charge in [-0.25, -0.2) is 4.79 Å². The Hall–Kier alpha value is -2.41. The van der Waals surface area contributed by atoms with E-state index in [2.05, 4.69) is 5.32 Å². The van der Waals surface area contributed by atoms with Gasteiger partial charge in [0.2, 0.25) is 5.91 Å². The summed E-state index contributed by atoms with van der Waals surface area (Å²) >= 11 is 0. The van der Waals surface area contributed by atoms with Crippen LogP contribution in [0.4, 0.5) is 4.79 Å². The molecule has 0 aromatic heterocycles. The Kier molecular flexibility index (Phi) is 6.74. The molecule has 7 heteroatoms. The lowest BCUT2D eigenvalue weighted by Crippen LogP contribution is -2.52. The molecule has 0 aliphatic carbocycles. The zero-order chi connectivity index (χ0) is 19.2. The summed E-state index contributed by atoms with van der Waals surface area (Å²) in [6.45, 7) is 3.06. The van der Waals surface area contributed by atoms with Gasteiger partial charge in [-0.1, -0.05) is 30.3 Å². The molecule has 3 amide bonds. The highest BCUT2D eigenvalue weighted by Gasteiger charge is 2.41. The molecule has 1 atom stereocenters. The third-order valence-corrected chi connectivity index (χ3v) is 5.24. The monoisotopic (exact) mass is 360 g/mol. The first kappa shape index (κ1) is 19.9. The van der Waals surface area contributed by atoms with E-state index < -0.39 is 17.5 Å². The maximum Gasteiger partial charge on any atom is 0.312 e. The highest BCUT2D eigenvalue weighted by molar-refractivity contribution is 5.89. The Morgan fingerprint density at radius 3 is 2.35 bits per heavy atom. The molecule has 1 aromatic carbocycles. The van der Waals surface area contributed by atoms with Crippen LogP contribution in [0.5, 0.6) is 0 Å². The lowest BCUT2D eigenvalue weighted by Gasteiger charge is -2.41. The van der Waals surface area contributed by atoms with E-state index in [1.807, 2.05) is 30.3 Å². The summed E-state index contributed by atoms with van der Waals surface area (Å²) in [7, 11) is 0. The Morgan fingerprint density at radius 1 is 1.19 bits per heavy atom. The highest BCUT2D eigenvalue weighted by atomic mass is 16.2. The minimum Gasteiger partial charge on any atom is -0.352 e. The van der Waals surface area contributed by atoms with Crippen molar-refractivity contribution in [3.8, 4) is 0 Å². The number of nitrogens with two attached hydrogens (primary N) is 2. The molecule has 26 heavy (non-hydrogen) atoms. The van der Waals surface area contributed by atoms with Crippen LogP contribution in [0.25, 0.3) is 0 Å². The van der Waals surface area contributed by atoms with Crippen molar-refractivity contribution >= 4 is 17.7 Å². The number of Topliss-reactive ketones (excluding diaryl/α,β-unsaturated/α-hetero) is 1. The average Bonchev–Trinajstić information content (AvgIpc) is 2.65. The minimum atomic E-state index is -0.605. The van der Waals surface area contributed by atoms with E-state index in [4.69, 9.17) is 11.5 Å². The van der Waals surface area contributed by atoms with E-state index >= 15 is 0 Å². The van der Waals surface area contributed by atoms with E-state index in [1.54, 1.807) is 11.8 Å². The van der Waals surface area contributed by atoms with Gasteiger partial charge in [-0.3, -0.25) is 9.59 Å². The minimum absolute atomic E-state index is 0.103. The average molecular weight is 360 g/mol. The van der Waals surface area contributed by atoms with Crippen molar-refractivity contribution in [1.82, 2.24) is 10.2 Å². The molecule has 7 nitrogen and oxygen atoms in total. The van der Waals surface area contributed by atoms with E-state index in [-0.39, 0.29) is 11.7 Å². The number of piperidine rings is 1. The van der Waals surface area contributed by atoms with Crippen LogP contribution >= 0.6 is 0 Å². The number of likely N-dealkylation sites (tertiary alicyclic amines) is 1. The lowest BCUT2D eigenvalue weighted by atomic mass is 9.70. The fraction of sp³-hybridized carbons (Fsp3) is 0.526. The number of ketones is 1.